The lowest BCUT2D eigenvalue weighted by Crippen LogP contribution is -2.48. The second-order valence-electron chi connectivity index (χ2n) is 7.19. The fourth-order valence-corrected chi connectivity index (χ4v) is 4.13. The number of carbonyl (C=O) groups is 2. The molecule has 3 aromatic rings. The van der Waals surface area contributed by atoms with Gasteiger partial charge in [0.15, 0.2) is 10.9 Å². The minimum absolute atomic E-state index is 0.0766. The summed E-state index contributed by atoms with van der Waals surface area (Å²) in [7, 11) is 0. The van der Waals surface area contributed by atoms with Crippen LogP contribution in [-0.4, -0.2) is 48.0 Å². The summed E-state index contributed by atoms with van der Waals surface area (Å²) < 4.78 is 5.91. The van der Waals surface area contributed by atoms with Crippen LogP contribution in [0.5, 0.6) is 0 Å². The van der Waals surface area contributed by atoms with Crippen molar-refractivity contribution >= 4 is 56.4 Å². The number of rotatable bonds is 4. The molecule has 1 fully saturated rings. The SMILES string of the molecule is O=C(NC(=S)Nc1ccc(N2CCN(C(=O)c3ccco3)CC2)cc1)c1ccccc1Br. The van der Waals surface area contributed by atoms with Gasteiger partial charge in [-0.25, -0.2) is 0 Å². The van der Waals surface area contributed by atoms with E-state index in [4.69, 9.17) is 16.6 Å². The van der Waals surface area contributed by atoms with Crippen molar-refractivity contribution in [2.24, 2.45) is 0 Å². The van der Waals surface area contributed by atoms with Crippen molar-refractivity contribution in [3.8, 4) is 0 Å². The smallest absolute Gasteiger partial charge is 0.289 e. The van der Waals surface area contributed by atoms with Gasteiger partial charge in [0.1, 0.15) is 0 Å². The van der Waals surface area contributed by atoms with Crippen LogP contribution in [0.4, 0.5) is 11.4 Å². The maximum Gasteiger partial charge on any atom is 0.289 e. The van der Waals surface area contributed by atoms with Crippen LogP contribution in [0.1, 0.15) is 20.9 Å². The quantitative estimate of drug-likeness (QED) is 0.511. The first-order chi connectivity index (χ1) is 15.5. The molecule has 0 radical (unpaired) electrons. The van der Waals surface area contributed by atoms with E-state index < -0.39 is 0 Å². The predicted molar refractivity (Wildman–Crippen MR) is 131 cm³/mol. The van der Waals surface area contributed by atoms with Gasteiger partial charge in [-0.15, -0.1) is 0 Å². The lowest BCUT2D eigenvalue weighted by molar-refractivity contribution is 0.0714. The molecule has 0 unspecified atom stereocenters. The zero-order chi connectivity index (χ0) is 22.5. The van der Waals surface area contributed by atoms with E-state index in [0.29, 0.717) is 28.9 Å². The van der Waals surface area contributed by atoms with Gasteiger partial charge in [0.05, 0.1) is 11.8 Å². The Morgan fingerprint density at radius 2 is 1.66 bits per heavy atom. The Labute approximate surface area is 199 Å². The predicted octanol–water partition coefficient (Wildman–Crippen LogP) is 4.13. The summed E-state index contributed by atoms with van der Waals surface area (Å²) in [6.07, 6.45) is 1.51. The number of furan rings is 1. The molecule has 0 atom stereocenters. The van der Waals surface area contributed by atoms with Crippen molar-refractivity contribution in [1.29, 1.82) is 0 Å². The largest absolute Gasteiger partial charge is 0.459 e. The van der Waals surface area contributed by atoms with E-state index in [2.05, 4.69) is 31.5 Å². The second kappa shape index (κ2) is 9.97. The molecule has 1 saturated heterocycles. The molecule has 164 valence electrons. The molecule has 1 aromatic heterocycles. The minimum Gasteiger partial charge on any atom is -0.459 e. The minimum atomic E-state index is -0.284. The molecule has 1 aliphatic heterocycles. The van der Waals surface area contributed by atoms with Crippen molar-refractivity contribution in [1.82, 2.24) is 10.2 Å². The molecule has 7 nitrogen and oxygen atoms in total. The van der Waals surface area contributed by atoms with E-state index in [1.165, 1.54) is 6.26 Å². The zero-order valence-corrected chi connectivity index (χ0v) is 19.5. The van der Waals surface area contributed by atoms with Gasteiger partial charge in [-0.1, -0.05) is 12.1 Å². The normalized spacial score (nSPS) is 13.5. The Morgan fingerprint density at radius 3 is 2.31 bits per heavy atom. The summed E-state index contributed by atoms with van der Waals surface area (Å²) in [4.78, 5) is 28.8. The molecule has 0 bridgehead atoms. The molecule has 2 N–H and O–H groups in total. The van der Waals surface area contributed by atoms with Gasteiger partial charge in [0, 0.05) is 42.0 Å². The van der Waals surface area contributed by atoms with Gasteiger partial charge >= 0.3 is 0 Å². The molecule has 2 heterocycles. The molecule has 2 amide bonds. The summed E-state index contributed by atoms with van der Waals surface area (Å²) in [6.45, 7) is 2.73. The monoisotopic (exact) mass is 512 g/mol. The van der Waals surface area contributed by atoms with Crippen LogP contribution in [0.15, 0.2) is 75.8 Å². The van der Waals surface area contributed by atoms with Gasteiger partial charge in [-0.2, -0.15) is 0 Å². The Kier molecular flexibility index (Phi) is 6.87. The number of thiocarbonyl (C=S) groups is 1. The number of hydrogen-bond donors (Lipinski definition) is 2. The third-order valence-corrected chi connectivity index (χ3v) is 6.03. The first-order valence-electron chi connectivity index (χ1n) is 10.1. The molecule has 0 spiro atoms. The number of amides is 2. The molecule has 0 saturated carbocycles. The van der Waals surface area contributed by atoms with E-state index in [9.17, 15) is 9.59 Å². The maximum absolute atomic E-state index is 12.4. The van der Waals surface area contributed by atoms with Gasteiger partial charge in [-0.3, -0.25) is 14.9 Å². The highest BCUT2D eigenvalue weighted by Crippen LogP contribution is 2.21. The number of anilines is 2. The number of hydrogen-bond acceptors (Lipinski definition) is 5. The molecule has 4 rings (SSSR count). The van der Waals surface area contributed by atoms with Crippen LogP contribution in [0, 0.1) is 0 Å². The summed E-state index contributed by atoms with van der Waals surface area (Å²) in [5.41, 5.74) is 2.35. The van der Waals surface area contributed by atoms with E-state index in [-0.39, 0.29) is 16.9 Å². The van der Waals surface area contributed by atoms with Crippen LogP contribution in [0.3, 0.4) is 0 Å². The van der Waals surface area contributed by atoms with E-state index in [0.717, 1.165) is 24.5 Å². The van der Waals surface area contributed by atoms with Gasteiger partial charge in [-0.05, 0) is 76.7 Å². The van der Waals surface area contributed by atoms with Crippen molar-refractivity contribution in [2.75, 3.05) is 36.4 Å². The number of benzene rings is 2. The maximum atomic E-state index is 12.4. The summed E-state index contributed by atoms with van der Waals surface area (Å²) in [5.74, 6) is 0.0115. The average molecular weight is 513 g/mol. The van der Waals surface area contributed by atoms with Gasteiger partial charge < -0.3 is 19.5 Å². The standard InChI is InChI=1S/C23H21BrN4O3S/c24-19-5-2-1-4-18(19)21(29)26-23(32)25-16-7-9-17(10-8-16)27-11-13-28(14-12-27)22(30)20-6-3-15-31-20/h1-10,15H,11-14H2,(H2,25,26,29,32). The zero-order valence-electron chi connectivity index (χ0n) is 17.1. The Morgan fingerprint density at radius 1 is 0.938 bits per heavy atom. The average Bonchev–Trinajstić information content (AvgIpc) is 3.34. The van der Waals surface area contributed by atoms with Gasteiger partial charge in [0.25, 0.3) is 11.8 Å². The first kappa shape index (κ1) is 22.0. The van der Waals surface area contributed by atoms with Crippen molar-refractivity contribution in [3.05, 3.63) is 82.7 Å². The number of nitrogens with one attached hydrogen (secondary N) is 2. The van der Waals surface area contributed by atoms with Crippen LogP contribution in [-0.2, 0) is 0 Å². The van der Waals surface area contributed by atoms with E-state index in [1.54, 1.807) is 35.2 Å². The molecule has 0 aliphatic carbocycles. The van der Waals surface area contributed by atoms with Crippen LogP contribution in [0.2, 0.25) is 0 Å². The van der Waals surface area contributed by atoms with Crippen molar-refractivity contribution in [3.63, 3.8) is 0 Å². The number of piperazine rings is 1. The molecular weight excluding hydrogens is 492 g/mol. The van der Waals surface area contributed by atoms with E-state index >= 15 is 0 Å². The lowest BCUT2D eigenvalue weighted by Gasteiger charge is -2.35. The highest BCUT2D eigenvalue weighted by molar-refractivity contribution is 9.10. The molecule has 2 aromatic carbocycles. The highest BCUT2D eigenvalue weighted by atomic mass is 79.9. The molecular formula is C23H21BrN4O3S. The Balaban J connectivity index is 1.29. The van der Waals surface area contributed by atoms with Gasteiger partial charge in [0.2, 0.25) is 0 Å². The Bertz CT molecular complexity index is 1110. The molecule has 9 heteroatoms. The van der Waals surface area contributed by atoms with Crippen molar-refractivity contribution < 1.29 is 14.0 Å². The number of halogens is 1. The third-order valence-electron chi connectivity index (χ3n) is 5.13. The Hall–Kier alpha value is -3.17. The molecule has 32 heavy (non-hydrogen) atoms. The first-order valence-corrected chi connectivity index (χ1v) is 11.3. The van der Waals surface area contributed by atoms with Crippen LogP contribution in [0.25, 0.3) is 0 Å². The second-order valence-corrected chi connectivity index (χ2v) is 8.45. The highest BCUT2D eigenvalue weighted by Gasteiger charge is 2.23. The number of nitrogens with zero attached hydrogens (tertiary/aromatic N) is 2. The fourth-order valence-electron chi connectivity index (χ4n) is 3.46. The summed E-state index contributed by atoms with van der Waals surface area (Å²) >= 11 is 8.64. The topological polar surface area (TPSA) is 77.8 Å². The number of carbonyl (C=O) groups excluding carboxylic acids is 2. The van der Waals surface area contributed by atoms with Crippen LogP contribution >= 0.6 is 28.1 Å². The van der Waals surface area contributed by atoms with Crippen molar-refractivity contribution in [2.45, 2.75) is 0 Å². The fraction of sp³-hybridized carbons (Fsp3) is 0.174. The van der Waals surface area contributed by atoms with Crippen LogP contribution < -0.4 is 15.5 Å². The van der Waals surface area contributed by atoms with E-state index in [1.807, 2.05) is 30.3 Å². The summed E-state index contributed by atoms with van der Waals surface area (Å²) in [6, 6.07) is 18.4. The molecule has 1 aliphatic rings. The lowest BCUT2D eigenvalue weighted by atomic mass is 10.2. The third kappa shape index (κ3) is 5.17. The summed E-state index contributed by atoms with van der Waals surface area (Å²) in [5, 5.41) is 5.94.